The minimum absolute atomic E-state index is 0.0633. The molecular formula is C26H26N2O2S. The summed E-state index contributed by atoms with van der Waals surface area (Å²) in [5, 5.41) is 2.90. The van der Waals surface area contributed by atoms with E-state index in [0.29, 0.717) is 11.3 Å². The van der Waals surface area contributed by atoms with Crippen molar-refractivity contribution in [1.82, 2.24) is 0 Å². The summed E-state index contributed by atoms with van der Waals surface area (Å²) in [6, 6.07) is 23.5. The number of rotatable bonds is 6. The van der Waals surface area contributed by atoms with E-state index in [1.807, 2.05) is 78.6 Å². The van der Waals surface area contributed by atoms with E-state index in [2.05, 4.69) is 18.3 Å². The summed E-state index contributed by atoms with van der Waals surface area (Å²) in [4.78, 5) is 27.3. The number of nitrogens with one attached hydrogen (secondary N) is 1. The fraction of sp³-hybridized carbons (Fsp3) is 0.231. The quantitative estimate of drug-likeness (QED) is 0.523. The predicted molar refractivity (Wildman–Crippen MR) is 129 cm³/mol. The van der Waals surface area contributed by atoms with Gasteiger partial charge in [-0.1, -0.05) is 61.9 Å². The monoisotopic (exact) mass is 430 g/mol. The van der Waals surface area contributed by atoms with Crippen LogP contribution in [0.5, 0.6) is 0 Å². The second-order valence-corrected chi connectivity index (χ2v) is 8.77. The lowest BCUT2D eigenvalue weighted by Gasteiger charge is -2.26. The van der Waals surface area contributed by atoms with Crippen LogP contribution in [0.4, 0.5) is 11.4 Å². The molecule has 0 unspecified atom stereocenters. The molecule has 0 spiro atoms. The smallest absolute Gasteiger partial charge is 0.255 e. The minimum Gasteiger partial charge on any atom is -0.322 e. The topological polar surface area (TPSA) is 49.4 Å². The number of benzene rings is 3. The first-order valence-corrected chi connectivity index (χ1v) is 11.6. The molecule has 1 aliphatic heterocycles. The summed E-state index contributed by atoms with van der Waals surface area (Å²) >= 11 is 1.64. The van der Waals surface area contributed by atoms with Crippen molar-refractivity contribution in [3.8, 4) is 0 Å². The molecule has 1 N–H and O–H groups in total. The van der Waals surface area contributed by atoms with Crippen LogP contribution in [0.2, 0.25) is 0 Å². The Morgan fingerprint density at radius 3 is 2.48 bits per heavy atom. The Hall–Kier alpha value is -3.05. The number of hydrogen-bond acceptors (Lipinski definition) is 3. The average molecular weight is 431 g/mol. The van der Waals surface area contributed by atoms with Gasteiger partial charge in [0.15, 0.2) is 0 Å². The third-order valence-electron chi connectivity index (χ3n) is 5.48. The highest BCUT2D eigenvalue weighted by atomic mass is 32.2. The van der Waals surface area contributed by atoms with E-state index in [1.165, 1.54) is 5.56 Å². The van der Waals surface area contributed by atoms with E-state index in [-0.39, 0.29) is 17.2 Å². The second kappa shape index (κ2) is 9.40. The van der Waals surface area contributed by atoms with Crippen LogP contribution < -0.4 is 10.2 Å². The van der Waals surface area contributed by atoms with Gasteiger partial charge in [0.05, 0.1) is 5.75 Å². The molecular weight excluding hydrogens is 404 g/mol. The lowest BCUT2D eigenvalue weighted by atomic mass is 10.1. The Kier molecular flexibility index (Phi) is 6.42. The molecule has 3 aromatic carbocycles. The van der Waals surface area contributed by atoms with Crippen LogP contribution in [-0.4, -0.2) is 17.6 Å². The Morgan fingerprint density at radius 2 is 1.74 bits per heavy atom. The number of thioether (sulfide) groups is 1. The van der Waals surface area contributed by atoms with Crippen LogP contribution in [0.1, 0.15) is 45.8 Å². The summed E-state index contributed by atoms with van der Waals surface area (Å²) in [6.07, 6.45) is 1.98. The SMILES string of the molecule is CCCc1ccccc1N1C(=O)CS[C@@H]1c1ccc(NC(=O)c2ccccc2C)cc1. The van der Waals surface area contributed by atoms with Crippen molar-refractivity contribution in [2.24, 2.45) is 0 Å². The lowest BCUT2D eigenvalue weighted by molar-refractivity contribution is -0.115. The summed E-state index contributed by atoms with van der Waals surface area (Å²) in [5.74, 6) is 0.485. The molecule has 0 saturated carbocycles. The third-order valence-corrected chi connectivity index (χ3v) is 6.69. The zero-order valence-corrected chi connectivity index (χ0v) is 18.6. The molecule has 1 saturated heterocycles. The maximum Gasteiger partial charge on any atom is 0.255 e. The number of amides is 2. The molecule has 0 bridgehead atoms. The molecule has 4 nitrogen and oxygen atoms in total. The lowest BCUT2D eigenvalue weighted by Crippen LogP contribution is -2.28. The zero-order chi connectivity index (χ0) is 21.8. The van der Waals surface area contributed by atoms with Crippen molar-refractivity contribution in [2.75, 3.05) is 16.0 Å². The second-order valence-electron chi connectivity index (χ2n) is 7.70. The molecule has 5 heteroatoms. The molecule has 2 amide bonds. The Balaban J connectivity index is 1.55. The fourth-order valence-corrected chi connectivity index (χ4v) is 5.08. The van der Waals surface area contributed by atoms with Crippen LogP contribution >= 0.6 is 11.8 Å². The number of carbonyl (C=O) groups excluding carboxylic acids is 2. The molecule has 1 heterocycles. The predicted octanol–water partition coefficient (Wildman–Crippen LogP) is 5.98. The highest BCUT2D eigenvalue weighted by Gasteiger charge is 2.34. The van der Waals surface area contributed by atoms with Gasteiger partial charge >= 0.3 is 0 Å². The van der Waals surface area contributed by atoms with Crippen molar-refractivity contribution >= 4 is 35.0 Å². The summed E-state index contributed by atoms with van der Waals surface area (Å²) in [7, 11) is 0. The normalized spacial score (nSPS) is 15.9. The van der Waals surface area contributed by atoms with Gasteiger partial charge in [-0.05, 0) is 54.3 Å². The van der Waals surface area contributed by atoms with E-state index < -0.39 is 0 Å². The number of anilines is 2. The zero-order valence-electron chi connectivity index (χ0n) is 17.8. The van der Waals surface area contributed by atoms with Gasteiger partial charge in [0.25, 0.3) is 5.91 Å². The van der Waals surface area contributed by atoms with Crippen molar-refractivity contribution in [1.29, 1.82) is 0 Å². The molecule has 3 aromatic rings. The molecule has 4 rings (SSSR count). The van der Waals surface area contributed by atoms with Gasteiger partial charge < -0.3 is 5.32 Å². The first-order chi connectivity index (χ1) is 15.1. The highest BCUT2D eigenvalue weighted by molar-refractivity contribution is 8.00. The van der Waals surface area contributed by atoms with E-state index in [9.17, 15) is 9.59 Å². The van der Waals surface area contributed by atoms with Crippen molar-refractivity contribution in [2.45, 2.75) is 32.1 Å². The van der Waals surface area contributed by atoms with Crippen LogP contribution in [0, 0.1) is 6.92 Å². The van der Waals surface area contributed by atoms with E-state index in [0.717, 1.165) is 35.3 Å². The number of aryl methyl sites for hydroxylation is 2. The highest BCUT2D eigenvalue weighted by Crippen LogP contribution is 2.43. The summed E-state index contributed by atoms with van der Waals surface area (Å²) in [5.41, 5.74) is 5.61. The maximum absolute atomic E-state index is 12.8. The van der Waals surface area contributed by atoms with Crippen LogP contribution in [0.3, 0.4) is 0 Å². The summed E-state index contributed by atoms with van der Waals surface area (Å²) in [6.45, 7) is 4.08. The van der Waals surface area contributed by atoms with Crippen LogP contribution in [0.25, 0.3) is 0 Å². The Labute approximate surface area is 187 Å². The maximum atomic E-state index is 12.8. The van der Waals surface area contributed by atoms with Crippen molar-refractivity contribution < 1.29 is 9.59 Å². The first-order valence-electron chi connectivity index (χ1n) is 10.6. The van der Waals surface area contributed by atoms with Gasteiger partial charge in [-0.15, -0.1) is 11.8 Å². The Bertz CT molecular complexity index is 1090. The van der Waals surface area contributed by atoms with Gasteiger partial charge in [-0.25, -0.2) is 0 Å². The molecule has 1 atom stereocenters. The molecule has 31 heavy (non-hydrogen) atoms. The number of hydrogen-bond donors (Lipinski definition) is 1. The molecule has 1 fully saturated rings. The third kappa shape index (κ3) is 4.52. The number of carbonyl (C=O) groups is 2. The van der Waals surface area contributed by atoms with Gasteiger partial charge in [-0.2, -0.15) is 0 Å². The average Bonchev–Trinajstić information content (AvgIpc) is 3.16. The van der Waals surface area contributed by atoms with Gasteiger partial charge in [0.2, 0.25) is 5.91 Å². The van der Waals surface area contributed by atoms with Crippen molar-refractivity contribution in [3.05, 3.63) is 95.1 Å². The largest absolute Gasteiger partial charge is 0.322 e. The fourth-order valence-electron chi connectivity index (χ4n) is 3.91. The van der Waals surface area contributed by atoms with E-state index in [1.54, 1.807) is 11.8 Å². The van der Waals surface area contributed by atoms with E-state index >= 15 is 0 Å². The molecule has 1 aliphatic rings. The van der Waals surface area contributed by atoms with Gasteiger partial charge in [0, 0.05) is 16.9 Å². The van der Waals surface area contributed by atoms with Crippen molar-refractivity contribution in [3.63, 3.8) is 0 Å². The van der Waals surface area contributed by atoms with E-state index in [4.69, 9.17) is 0 Å². The van der Waals surface area contributed by atoms with Gasteiger partial charge in [-0.3, -0.25) is 14.5 Å². The Morgan fingerprint density at radius 1 is 1.03 bits per heavy atom. The van der Waals surface area contributed by atoms with Gasteiger partial charge in [0.1, 0.15) is 5.37 Å². The number of para-hydroxylation sites is 1. The molecule has 0 aromatic heterocycles. The number of nitrogens with zero attached hydrogens (tertiary/aromatic N) is 1. The standard InChI is InChI=1S/C26H26N2O2S/c1-3-8-19-10-5-7-12-23(19)28-24(29)17-31-26(28)20-13-15-21(16-14-20)27-25(30)22-11-6-4-9-18(22)2/h4-7,9-16,26H,3,8,17H2,1-2H3,(H,27,30)/t26-/m1/s1. The summed E-state index contributed by atoms with van der Waals surface area (Å²) < 4.78 is 0. The molecule has 158 valence electrons. The van der Waals surface area contributed by atoms with Crippen LogP contribution in [0.15, 0.2) is 72.8 Å². The van der Waals surface area contributed by atoms with Crippen LogP contribution in [-0.2, 0) is 11.2 Å². The molecule has 0 radical (unpaired) electrons. The minimum atomic E-state index is -0.119. The first kappa shape index (κ1) is 21.2. The molecule has 0 aliphatic carbocycles.